The predicted octanol–water partition coefficient (Wildman–Crippen LogP) is 6.63. The Labute approximate surface area is 230 Å². The van der Waals surface area contributed by atoms with Gasteiger partial charge in [0.1, 0.15) is 0 Å². The summed E-state index contributed by atoms with van der Waals surface area (Å²) in [5.74, 6) is -1.66. The van der Waals surface area contributed by atoms with Gasteiger partial charge in [-0.3, -0.25) is 19.2 Å². The van der Waals surface area contributed by atoms with Gasteiger partial charge in [-0.25, -0.2) is 0 Å². The van der Waals surface area contributed by atoms with Crippen molar-refractivity contribution < 1.29 is 19.2 Å². The largest absolute Gasteiger partial charge is 0.321 e. The van der Waals surface area contributed by atoms with E-state index in [1.807, 2.05) is 42.5 Å². The summed E-state index contributed by atoms with van der Waals surface area (Å²) in [4.78, 5) is 53.5. The highest BCUT2D eigenvalue weighted by molar-refractivity contribution is 6.33. The maximum absolute atomic E-state index is 13.7. The second-order valence-electron chi connectivity index (χ2n) is 9.33. The van der Waals surface area contributed by atoms with E-state index in [-0.39, 0.29) is 33.6 Å². The zero-order valence-electron chi connectivity index (χ0n) is 21.2. The first-order chi connectivity index (χ1) is 19.5. The molecule has 1 aliphatic carbocycles. The summed E-state index contributed by atoms with van der Waals surface area (Å²) in [5.41, 5.74) is 3.76. The maximum atomic E-state index is 13.7. The molecule has 192 valence electrons. The molecule has 0 saturated heterocycles. The van der Waals surface area contributed by atoms with Crippen LogP contribution < -0.4 is 10.6 Å². The number of amides is 2. The Morgan fingerprint density at radius 3 is 1.32 bits per heavy atom. The Morgan fingerprint density at radius 2 is 0.825 bits per heavy atom. The molecule has 0 radical (unpaired) electrons. The summed E-state index contributed by atoms with van der Waals surface area (Å²) in [7, 11) is 0. The van der Waals surface area contributed by atoms with E-state index >= 15 is 0 Å². The van der Waals surface area contributed by atoms with Crippen molar-refractivity contribution in [2.75, 3.05) is 10.6 Å². The Bertz CT molecular complexity index is 1790. The predicted molar refractivity (Wildman–Crippen MR) is 154 cm³/mol. The van der Waals surface area contributed by atoms with E-state index in [2.05, 4.69) is 10.6 Å². The summed E-state index contributed by atoms with van der Waals surface area (Å²) in [6, 6.07) is 35.1. The number of hydrogen-bond donors (Lipinski definition) is 2. The highest BCUT2D eigenvalue weighted by atomic mass is 16.2. The molecule has 0 unspecified atom stereocenters. The van der Waals surface area contributed by atoms with Crippen LogP contribution in [0.5, 0.6) is 0 Å². The molecule has 6 rings (SSSR count). The summed E-state index contributed by atoms with van der Waals surface area (Å²) in [6.45, 7) is 0. The van der Waals surface area contributed by atoms with Gasteiger partial charge in [-0.15, -0.1) is 0 Å². The Hall–Kier alpha value is -5.62. The first kappa shape index (κ1) is 24.7. The second kappa shape index (κ2) is 10.3. The van der Waals surface area contributed by atoms with Gasteiger partial charge in [0.05, 0.1) is 22.5 Å². The van der Waals surface area contributed by atoms with E-state index in [9.17, 15) is 19.2 Å². The fraction of sp³-hybridized carbons (Fsp3) is 0. The summed E-state index contributed by atoms with van der Waals surface area (Å²) in [5, 5.41) is 5.59. The maximum Gasteiger partial charge on any atom is 0.255 e. The first-order valence-electron chi connectivity index (χ1n) is 12.7. The van der Waals surface area contributed by atoms with E-state index < -0.39 is 23.4 Å². The van der Waals surface area contributed by atoms with Gasteiger partial charge in [-0.2, -0.15) is 0 Å². The fourth-order valence-corrected chi connectivity index (χ4v) is 4.85. The van der Waals surface area contributed by atoms with Crippen molar-refractivity contribution >= 4 is 34.8 Å². The Morgan fingerprint density at radius 1 is 0.425 bits per heavy atom. The molecule has 0 atom stereocenters. The third-order valence-corrected chi connectivity index (χ3v) is 6.86. The van der Waals surface area contributed by atoms with Crippen LogP contribution in [0.15, 0.2) is 121 Å². The van der Waals surface area contributed by atoms with Crippen molar-refractivity contribution in [3.8, 4) is 11.1 Å². The molecule has 1 aliphatic rings. The molecule has 0 fully saturated rings. The number of rotatable bonds is 5. The zero-order valence-corrected chi connectivity index (χ0v) is 21.2. The third kappa shape index (κ3) is 4.48. The number of carbonyl (C=O) groups excluding carboxylic acids is 4. The third-order valence-electron chi connectivity index (χ3n) is 6.86. The smallest absolute Gasteiger partial charge is 0.255 e. The zero-order chi connectivity index (χ0) is 27.6. The topological polar surface area (TPSA) is 92.3 Å². The highest BCUT2D eigenvalue weighted by Gasteiger charge is 2.34. The minimum atomic E-state index is -0.429. The van der Waals surface area contributed by atoms with E-state index in [1.54, 1.807) is 66.7 Å². The van der Waals surface area contributed by atoms with Gasteiger partial charge in [0.15, 0.2) is 11.6 Å². The molecule has 40 heavy (non-hydrogen) atoms. The molecule has 6 heteroatoms. The molecule has 0 bridgehead atoms. The van der Waals surface area contributed by atoms with Crippen molar-refractivity contribution in [1.82, 2.24) is 0 Å². The average Bonchev–Trinajstić information content (AvgIpc) is 3.01. The number of ketones is 2. The molecule has 2 amide bonds. The lowest BCUT2D eigenvalue weighted by atomic mass is 9.82. The Balaban J connectivity index is 1.37. The number of fused-ring (bicyclic) bond motifs is 2. The lowest BCUT2D eigenvalue weighted by Gasteiger charge is -2.23. The molecule has 5 aromatic carbocycles. The normalized spacial score (nSPS) is 11.8. The van der Waals surface area contributed by atoms with Crippen LogP contribution in [-0.4, -0.2) is 23.4 Å². The second-order valence-corrected chi connectivity index (χ2v) is 9.33. The van der Waals surface area contributed by atoms with E-state index in [4.69, 9.17) is 0 Å². The molecular weight excluding hydrogens is 500 g/mol. The number of anilines is 2. The van der Waals surface area contributed by atoms with Gasteiger partial charge >= 0.3 is 0 Å². The van der Waals surface area contributed by atoms with Gasteiger partial charge in [0.2, 0.25) is 0 Å². The highest BCUT2D eigenvalue weighted by Crippen LogP contribution is 2.37. The van der Waals surface area contributed by atoms with Gasteiger partial charge in [0, 0.05) is 22.3 Å². The molecule has 0 aliphatic heterocycles. The molecule has 0 spiro atoms. The van der Waals surface area contributed by atoms with Crippen LogP contribution in [-0.2, 0) is 0 Å². The quantitative estimate of drug-likeness (QED) is 0.266. The van der Waals surface area contributed by atoms with Gasteiger partial charge in [-0.1, -0.05) is 84.9 Å². The van der Waals surface area contributed by atoms with Crippen LogP contribution in [0.25, 0.3) is 11.1 Å². The number of hydrogen-bond acceptors (Lipinski definition) is 4. The fourth-order valence-electron chi connectivity index (χ4n) is 4.85. The molecule has 6 nitrogen and oxygen atoms in total. The molecule has 0 aromatic heterocycles. The minimum Gasteiger partial charge on any atom is -0.321 e. The van der Waals surface area contributed by atoms with Crippen molar-refractivity contribution in [1.29, 1.82) is 0 Å². The lowest BCUT2D eigenvalue weighted by Crippen LogP contribution is -2.26. The van der Waals surface area contributed by atoms with Crippen molar-refractivity contribution in [3.63, 3.8) is 0 Å². The SMILES string of the molecule is O=C(Nc1ccc(NC(=O)c2ccc(-c3ccccc3)cc2)c2c1C(=O)c1ccccc1C2=O)c1ccccc1. The number of nitrogens with one attached hydrogen (secondary N) is 2. The van der Waals surface area contributed by atoms with Gasteiger partial charge in [0.25, 0.3) is 11.8 Å². The van der Waals surface area contributed by atoms with Crippen LogP contribution in [0.4, 0.5) is 11.4 Å². The molecule has 0 heterocycles. The van der Waals surface area contributed by atoms with Crippen LogP contribution in [0.3, 0.4) is 0 Å². The van der Waals surface area contributed by atoms with Crippen LogP contribution in [0.2, 0.25) is 0 Å². The standard InChI is InChI=1S/C34H22N2O4/c37-31-25-13-7-8-14-26(25)32(38)30-28(20-19-27(29(30)31)35-33(39)23-11-5-2-6-12-23)36-34(40)24-17-15-22(16-18-24)21-9-3-1-4-10-21/h1-20H,(H,35,39)(H,36,40). The van der Waals surface area contributed by atoms with Crippen molar-refractivity contribution in [2.24, 2.45) is 0 Å². The lowest BCUT2D eigenvalue weighted by molar-refractivity contribution is 0.0977. The van der Waals surface area contributed by atoms with E-state index in [1.165, 1.54) is 12.1 Å². The monoisotopic (exact) mass is 522 g/mol. The van der Waals surface area contributed by atoms with Crippen molar-refractivity contribution in [3.05, 3.63) is 155 Å². The number of carbonyl (C=O) groups is 4. The van der Waals surface area contributed by atoms with Crippen LogP contribution >= 0.6 is 0 Å². The van der Waals surface area contributed by atoms with E-state index in [0.717, 1.165) is 11.1 Å². The van der Waals surface area contributed by atoms with Gasteiger partial charge < -0.3 is 10.6 Å². The molecule has 5 aromatic rings. The number of benzene rings is 5. The summed E-state index contributed by atoms with van der Waals surface area (Å²) >= 11 is 0. The average molecular weight is 523 g/mol. The Kier molecular flexibility index (Phi) is 6.34. The van der Waals surface area contributed by atoms with Crippen LogP contribution in [0.1, 0.15) is 52.6 Å². The molecule has 0 saturated carbocycles. The minimum absolute atomic E-state index is 0.0452. The summed E-state index contributed by atoms with van der Waals surface area (Å²) < 4.78 is 0. The first-order valence-corrected chi connectivity index (χ1v) is 12.7. The van der Waals surface area contributed by atoms with Crippen LogP contribution in [0, 0.1) is 0 Å². The summed E-state index contributed by atoms with van der Waals surface area (Å²) in [6.07, 6.45) is 0. The van der Waals surface area contributed by atoms with Gasteiger partial charge in [-0.05, 0) is 47.5 Å². The van der Waals surface area contributed by atoms with E-state index in [0.29, 0.717) is 11.1 Å². The van der Waals surface area contributed by atoms with Crippen molar-refractivity contribution in [2.45, 2.75) is 0 Å². The molecule has 2 N–H and O–H groups in total. The molecular formula is C34H22N2O4.